The molecule has 1 aliphatic rings. The molecule has 0 fully saturated rings. The molecule has 1 aliphatic heterocycles. The number of hydrogen-bond donors (Lipinski definition) is 1. The summed E-state index contributed by atoms with van der Waals surface area (Å²) in [6.07, 6.45) is 0.736. The molecule has 1 N–H and O–H groups in total. The third-order valence-corrected chi connectivity index (χ3v) is 4.14. The molecule has 6 heteroatoms. The monoisotopic (exact) mass is 323 g/mol. The zero-order valence-electron chi connectivity index (χ0n) is 13.1. The lowest BCUT2D eigenvalue weighted by Crippen LogP contribution is -2.08. The Balaban J connectivity index is 2.02. The van der Waals surface area contributed by atoms with Gasteiger partial charge in [0, 0.05) is 12.1 Å². The van der Waals surface area contributed by atoms with E-state index in [-0.39, 0.29) is 0 Å². The van der Waals surface area contributed by atoms with Crippen LogP contribution >= 0.6 is 0 Å². The van der Waals surface area contributed by atoms with Crippen LogP contribution in [0.25, 0.3) is 5.69 Å². The largest absolute Gasteiger partial charge is 0.416 e. The first-order valence-electron chi connectivity index (χ1n) is 8.03. The van der Waals surface area contributed by atoms with Gasteiger partial charge in [0.05, 0.1) is 16.9 Å². The van der Waals surface area contributed by atoms with Crippen LogP contribution in [0.3, 0.4) is 0 Å². The first-order valence-corrected chi connectivity index (χ1v) is 8.03. The first-order chi connectivity index (χ1) is 11.0. The predicted octanol–water partition coefficient (Wildman–Crippen LogP) is 4.59. The fourth-order valence-electron chi connectivity index (χ4n) is 2.99. The van der Waals surface area contributed by atoms with Gasteiger partial charge in [0.1, 0.15) is 5.82 Å². The Morgan fingerprint density at radius 1 is 1.17 bits per heavy atom. The van der Waals surface area contributed by atoms with Gasteiger partial charge in [0.15, 0.2) is 0 Å². The summed E-state index contributed by atoms with van der Waals surface area (Å²) in [5.41, 5.74) is 2.29. The van der Waals surface area contributed by atoms with E-state index in [0.29, 0.717) is 5.69 Å². The average Bonchev–Trinajstić information content (AvgIpc) is 2.70. The van der Waals surface area contributed by atoms with Crippen LogP contribution in [0, 0.1) is 0 Å². The molecule has 124 valence electrons. The number of aromatic nitrogens is 2. The van der Waals surface area contributed by atoms with Crippen LogP contribution < -0.4 is 5.32 Å². The topological polar surface area (TPSA) is 29.9 Å². The highest BCUT2D eigenvalue weighted by Gasteiger charge is 2.30. The minimum absolute atomic E-state index is 0.638. The summed E-state index contributed by atoms with van der Waals surface area (Å²) in [6, 6.07) is 5.19. The van der Waals surface area contributed by atoms with E-state index in [4.69, 9.17) is 0 Å². The number of fused-ring (bicyclic) bond motifs is 1. The molecule has 0 spiro atoms. The Labute approximate surface area is 133 Å². The van der Waals surface area contributed by atoms with Gasteiger partial charge in [-0.15, -0.1) is 0 Å². The van der Waals surface area contributed by atoms with Gasteiger partial charge < -0.3 is 5.32 Å². The fraction of sp³-hybridized carbons (Fsp3) is 0.471. The van der Waals surface area contributed by atoms with Crippen LogP contribution in [0.2, 0.25) is 0 Å². The number of rotatable bonds is 3. The normalized spacial score (nSPS) is 15.0. The van der Waals surface area contributed by atoms with Crippen LogP contribution in [-0.2, 0) is 19.0 Å². The number of benzene rings is 1. The van der Waals surface area contributed by atoms with Crippen LogP contribution in [0.1, 0.15) is 43.0 Å². The fourth-order valence-corrected chi connectivity index (χ4v) is 2.99. The molecule has 0 amide bonds. The minimum atomic E-state index is -4.31. The lowest BCUT2D eigenvalue weighted by atomic mass is 10.1. The third-order valence-electron chi connectivity index (χ3n) is 4.14. The van der Waals surface area contributed by atoms with Gasteiger partial charge in [-0.2, -0.15) is 18.3 Å². The Kier molecular flexibility index (Phi) is 4.33. The molecule has 0 bridgehead atoms. The van der Waals surface area contributed by atoms with Crippen molar-refractivity contribution in [1.82, 2.24) is 9.78 Å². The molecular formula is C17H20F3N3. The number of anilines is 1. The van der Waals surface area contributed by atoms with Crippen molar-refractivity contribution in [2.24, 2.45) is 0 Å². The summed E-state index contributed by atoms with van der Waals surface area (Å²) in [6.45, 7) is 2.97. The summed E-state index contributed by atoms with van der Waals surface area (Å²) >= 11 is 0. The Bertz CT molecular complexity index is 672. The van der Waals surface area contributed by atoms with E-state index in [1.165, 1.54) is 17.7 Å². The summed E-state index contributed by atoms with van der Waals surface area (Å²) in [7, 11) is 0. The van der Waals surface area contributed by atoms with Crippen molar-refractivity contribution in [2.45, 2.75) is 45.2 Å². The minimum Gasteiger partial charge on any atom is -0.370 e. The van der Waals surface area contributed by atoms with Gasteiger partial charge in [-0.25, -0.2) is 4.68 Å². The first kappa shape index (κ1) is 15.9. The second-order valence-corrected chi connectivity index (χ2v) is 5.86. The van der Waals surface area contributed by atoms with E-state index in [1.54, 1.807) is 4.68 Å². The van der Waals surface area contributed by atoms with Crippen molar-refractivity contribution in [1.29, 1.82) is 0 Å². The average molecular weight is 323 g/mol. The molecule has 1 aromatic carbocycles. The lowest BCUT2D eigenvalue weighted by molar-refractivity contribution is -0.137. The van der Waals surface area contributed by atoms with Gasteiger partial charge in [0.25, 0.3) is 0 Å². The molecule has 2 aromatic rings. The number of nitrogens with one attached hydrogen (secondary N) is 1. The summed E-state index contributed by atoms with van der Waals surface area (Å²) in [5.74, 6) is 0.936. The van der Waals surface area contributed by atoms with Crippen molar-refractivity contribution in [3.8, 4) is 5.69 Å². The number of hydrogen-bond acceptors (Lipinski definition) is 2. The maximum absolute atomic E-state index is 12.7. The SMILES string of the molecule is CCCc1nn(-c2ccc(C(F)(F)F)cc2)c2c1CCCCN2. The summed E-state index contributed by atoms with van der Waals surface area (Å²) in [5, 5.41) is 8.05. The second kappa shape index (κ2) is 6.26. The number of nitrogens with zero attached hydrogens (tertiary/aromatic N) is 2. The molecule has 0 unspecified atom stereocenters. The van der Waals surface area contributed by atoms with Crippen molar-refractivity contribution in [3.63, 3.8) is 0 Å². The maximum atomic E-state index is 12.7. The van der Waals surface area contributed by atoms with E-state index in [0.717, 1.165) is 62.3 Å². The molecule has 0 saturated carbocycles. The molecule has 2 heterocycles. The third kappa shape index (κ3) is 3.21. The van der Waals surface area contributed by atoms with Gasteiger partial charge in [-0.05, 0) is 49.9 Å². The second-order valence-electron chi connectivity index (χ2n) is 5.86. The molecule has 3 nitrogen and oxygen atoms in total. The highest BCUT2D eigenvalue weighted by atomic mass is 19.4. The van der Waals surface area contributed by atoms with Crippen LogP contribution in [0.5, 0.6) is 0 Å². The van der Waals surface area contributed by atoms with E-state index in [1.807, 2.05) is 0 Å². The standard InChI is InChI=1S/C17H20F3N3/c1-2-5-15-14-6-3-4-11-21-16(14)23(22-15)13-9-7-12(8-10-13)17(18,19)20/h7-10,21H,2-6,11H2,1H3. The van der Waals surface area contributed by atoms with Crippen molar-refractivity contribution in [3.05, 3.63) is 41.1 Å². The highest BCUT2D eigenvalue weighted by Crippen LogP contribution is 2.32. The molecule has 3 rings (SSSR count). The Morgan fingerprint density at radius 2 is 1.91 bits per heavy atom. The predicted molar refractivity (Wildman–Crippen MR) is 84.0 cm³/mol. The lowest BCUT2D eigenvalue weighted by Gasteiger charge is -2.11. The van der Waals surface area contributed by atoms with Crippen LogP contribution in [-0.4, -0.2) is 16.3 Å². The van der Waals surface area contributed by atoms with Crippen LogP contribution in [0.4, 0.5) is 19.0 Å². The number of aryl methyl sites for hydroxylation is 1. The summed E-state index contributed by atoms with van der Waals surface area (Å²) < 4.78 is 39.9. The highest BCUT2D eigenvalue weighted by molar-refractivity contribution is 5.54. The maximum Gasteiger partial charge on any atom is 0.416 e. The van der Waals surface area contributed by atoms with Crippen molar-refractivity contribution < 1.29 is 13.2 Å². The zero-order chi connectivity index (χ0) is 16.4. The van der Waals surface area contributed by atoms with E-state index in [9.17, 15) is 13.2 Å². The van der Waals surface area contributed by atoms with Crippen LogP contribution in [0.15, 0.2) is 24.3 Å². The molecular weight excluding hydrogens is 303 g/mol. The smallest absolute Gasteiger partial charge is 0.370 e. The van der Waals surface area contributed by atoms with Gasteiger partial charge in [0.2, 0.25) is 0 Å². The Morgan fingerprint density at radius 3 is 2.57 bits per heavy atom. The summed E-state index contributed by atoms with van der Waals surface area (Å²) in [4.78, 5) is 0. The molecule has 0 saturated heterocycles. The molecule has 0 aliphatic carbocycles. The van der Waals surface area contributed by atoms with Gasteiger partial charge >= 0.3 is 6.18 Å². The number of halogens is 3. The quantitative estimate of drug-likeness (QED) is 0.895. The number of alkyl halides is 3. The van der Waals surface area contributed by atoms with Gasteiger partial charge in [-0.3, -0.25) is 0 Å². The molecule has 0 radical (unpaired) electrons. The zero-order valence-corrected chi connectivity index (χ0v) is 13.1. The molecule has 1 aromatic heterocycles. The molecule has 23 heavy (non-hydrogen) atoms. The van der Waals surface area contributed by atoms with Gasteiger partial charge in [-0.1, -0.05) is 13.3 Å². The Hall–Kier alpha value is -1.98. The van der Waals surface area contributed by atoms with E-state index < -0.39 is 11.7 Å². The molecule has 0 atom stereocenters. The van der Waals surface area contributed by atoms with E-state index in [2.05, 4.69) is 17.3 Å². The van der Waals surface area contributed by atoms with Crippen molar-refractivity contribution in [2.75, 3.05) is 11.9 Å². The van der Waals surface area contributed by atoms with Crippen molar-refractivity contribution >= 4 is 5.82 Å². The van der Waals surface area contributed by atoms with E-state index >= 15 is 0 Å².